The summed E-state index contributed by atoms with van der Waals surface area (Å²) in [5.74, 6) is 0.774. The maximum atomic E-state index is 11.4. The molecule has 0 saturated heterocycles. The van der Waals surface area contributed by atoms with E-state index in [9.17, 15) is 4.79 Å². The molecule has 0 aromatic carbocycles. The van der Waals surface area contributed by atoms with Crippen molar-refractivity contribution in [3.8, 4) is 0 Å². The van der Waals surface area contributed by atoms with Crippen molar-refractivity contribution in [2.45, 2.75) is 26.2 Å². The van der Waals surface area contributed by atoms with E-state index in [0.717, 1.165) is 19.4 Å². The van der Waals surface area contributed by atoms with Crippen LogP contribution >= 0.6 is 24.0 Å². The fourth-order valence-corrected chi connectivity index (χ4v) is 1.64. The highest BCUT2D eigenvalue weighted by Crippen LogP contribution is 2.01. The lowest BCUT2D eigenvalue weighted by molar-refractivity contribution is -0.122. The summed E-state index contributed by atoms with van der Waals surface area (Å²) in [6.07, 6.45) is 5.49. The first-order valence-electron chi connectivity index (χ1n) is 5.15. The van der Waals surface area contributed by atoms with Gasteiger partial charge in [0.05, 0.1) is 10.9 Å². The molecule has 0 aliphatic rings. The Morgan fingerprint density at radius 3 is 2.67 bits per heavy atom. The van der Waals surface area contributed by atoms with Gasteiger partial charge in [-0.2, -0.15) is 11.8 Å². The molecule has 1 amide bonds. The van der Waals surface area contributed by atoms with Crippen LogP contribution in [0.2, 0.25) is 0 Å². The van der Waals surface area contributed by atoms with E-state index in [0.29, 0.717) is 0 Å². The number of hydrogen-bond acceptors (Lipinski definition) is 3. The van der Waals surface area contributed by atoms with Gasteiger partial charge in [0, 0.05) is 6.54 Å². The topological polar surface area (TPSA) is 55.1 Å². The van der Waals surface area contributed by atoms with E-state index in [1.54, 1.807) is 6.92 Å². The van der Waals surface area contributed by atoms with Crippen LogP contribution in [0.1, 0.15) is 26.2 Å². The first-order valence-corrected chi connectivity index (χ1v) is 6.95. The summed E-state index contributed by atoms with van der Waals surface area (Å²) in [4.78, 5) is 11.6. The zero-order valence-electron chi connectivity index (χ0n) is 9.41. The van der Waals surface area contributed by atoms with Crippen LogP contribution in [-0.2, 0) is 4.79 Å². The van der Waals surface area contributed by atoms with Gasteiger partial charge in [-0.15, -0.1) is 0 Å². The fraction of sp³-hybridized carbons (Fsp3) is 0.800. The third-order valence-electron chi connectivity index (χ3n) is 2.14. The van der Waals surface area contributed by atoms with Crippen molar-refractivity contribution in [1.29, 1.82) is 0 Å². The number of thioether (sulfide) groups is 1. The van der Waals surface area contributed by atoms with Crippen LogP contribution in [0.3, 0.4) is 0 Å². The number of nitrogens with two attached hydrogens (primary N) is 1. The minimum atomic E-state index is -0.355. The van der Waals surface area contributed by atoms with Crippen molar-refractivity contribution >= 4 is 34.9 Å². The van der Waals surface area contributed by atoms with Gasteiger partial charge >= 0.3 is 0 Å². The van der Waals surface area contributed by atoms with Crippen LogP contribution in [0.15, 0.2) is 0 Å². The molecule has 15 heavy (non-hydrogen) atoms. The third kappa shape index (κ3) is 7.62. The van der Waals surface area contributed by atoms with E-state index >= 15 is 0 Å². The van der Waals surface area contributed by atoms with Crippen molar-refractivity contribution < 1.29 is 4.79 Å². The molecule has 0 aromatic rings. The zero-order valence-corrected chi connectivity index (χ0v) is 11.0. The Labute approximate surface area is 102 Å². The smallest absolute Gasteiger partial charge is 0.229 e. The molecular formula is C10H20N2OS2. The summed E-state index contributed by atoms with van der Waals surface area (Å²) in [6.45, 7) is 2.45. The first kappa shape index (κ1) is 14.7. The molecule has 0 spiro atoms. The average molecular weight is 248 g/mol. The molecule has 0 saturated carbocycles. The van der Waals surface area contributed by atoms with E-state index in [4.69, 9.17) is 18.0 Å². The molecule has 1 unspecified atom stereocenters. The predicted molar refractivity (Wildman–Crippen MR) is 71.2 cm³/mol. The highest BCUT2D eigenvalue weighted by Gasteiger charge is 2.14. The number of nitrogens with one attached hydrogen (secondary N) is 1. The molecule has 0 heterocycles. The Morgan fingerprint density at radius 2 is 2.13 bits per heavy atom. The van der Waals surface area contributed by atoms with Crippen LogP contribution in [0.25, 0.3) is 0 Å². The molecular weight excluding hydrogens is 228 g/mol. The molecule has 0 aliphatic carbocycles. The fourth-order valence-electron chi connectivity index (χ4n) is 1.04. The van der Waals surface area contributed by atoms with Crippen molar-refractivity contribution in [3.63, 3.8) is 0 Å². The highest BCUT2D eigenvalue weighted by atomic mass is 32.2. The summed E-state index contributed by atoms with van der Waals surface area (Å²) in [5, 5.41) is 2.83. The lowest BCUT2D eigenvalue weighted by atomic mass is 10.1. The van der Waals surface area contributed by atoms with Crippen molar-refractivity contribution in [3.05, 3.63) is 0 Å². The lowest BCUT2D eigenvalue weighted by Gasteiger charge is -2.10. The van der Waals surface area contributed by atoms with Crippen molar-refractivity contribution in [2.75, 3.05) is 18.6 Å². The van der Waals surface area contributed by atoms with Gasteiger partial charge in [0.15, 0.2) is 0 Å². The summed E-state index contributed by atoms with van der Waals surface area (Å²) in [6, 6.07) is 0. The second-order valence-electron chi connectivity index (χ2n) is 3.47. The lowest BCUT2D eigenvalue weighted by Crippen LogP contribution is -2.36. The van der Waals surface area contributed by atoms with E-state index in [-0.39, 0.29) is 16.8 Å². The molecule has 3 nitrogen and oxygen atoms in total. The van der Waals surface area contributed by atoms with Crippen LogP contribution in [0.5, 0.6) is 0 Å². The number of unbranched alkanes of at least 4 members (excludes halogenated alkanes) is 2. The molecule has 3 N–H and O–H groups in total. The van der Waals surface area contributed by atoms with Gasteiger partial charge in [-0.05, 0) is 31.8 Å². The minimum Gasteiger partial charge on any atom is -0.393 e. The second-order valence-corrected chi connectivity index (χ2v) is 4.93. The van der Waals surface area contributed by atoms with E-state index in [1.165, 1.54) is 12.2 Å². The summed E-state index contributed by atoms with van der Waals surface area (Å²) >= 11 is 6.60. The number of amides is 1. The molecule has 5 heteroatoms. The third-order valence-corrected chi connectivity index (χ3v) is 3.20. The molecule has 0 bridgehead atoms. The Kier molecular flexibility index (Phi) is 8.80. The highest BCUT2D eigenvalue weighted by molar-refractivity contribution is 7.98. The monoisotopic (exact) mass is 248 g/mol. The normalized spacial score (nSPS) is 12.1. The maximum Gasteiger partial charge on any atom is 0.229 e. The van der Waals surface area contributed by atoms with E-state index in [1.807, 2.05) is 11.8 Å². The first-order chi connectivity index (χ1) is 7.09. The molecule has 88 valence electrons. The van der Waals surface area contributed by atoms with E-state index in [2.05, 4.69) is 11.6 Å². The molecule has 0 aromatic heterocycles. The van der Waals surface area contributed by atoms with Crippen LogP contribution in [-0.4, -0.2) is 29.4 Å². The maximum absolute atomic E-state index is 11.4. The second kappa shape index (κ2) is 8.97. The Hall–Kier alpha value is -0.290. The largest absolute Gasteiger partial charge is 0.393 e. The molecule has 0 aliphatic heterocycles. The summed E-state index contributed by atoms with van der Waals surface area (Å²) in [7, 11) is 0. The predicted octanol–water partition coefficient (Wildman–Crippen LogP) is 1.56. The summed E-state index contributed by atoms with van der Waals surface area (Å²) in [5.41, 5.74) is 5.37. The summed E-state index contributed by atoms with van der Waals surface area (Å²) < 4.78 is 0. The number of thiocarbonyl (C=S) groups is 1. The van der Waals surface area contributed by atoms with Gasteiger partial charge in [0.25, 0.3) is 0 Å². The van der Waals surface area contributed by atoms with Gasteiger partial charge in [-0.25, -0.2) is 0 Å². The van der Waals surface area contributed by atoms with Crippen LogP contribution < -0.4 is 11.1 Å². The van der Waals surface area contributed by atoms with Crippen molar-refractivity contribution in [2.24, 2.45) is 11.7 Å². The zero-order chi connectivity index (χ0) is 11.7. The van der Waals surface area contributed by atoms with Gasteiger partial charge in [0.1, 0.15) is 0 Å². The number of hydrogen-bond donors (Lipinski definition) is 2. The number of carbonyl (C=O) groups excluding carboxylic acids is 1. The standard InChI is InChI=1S/C10H20N2OS2/c1-8(9(11)14)10(13)12-6-4-3-5-7-15-2/h8H,3-7H2,1-2H3,(H2,11,14)(H,12,13). The average Bonchev–Trinajstić information content (AvgIpc) is 2.21. The van der Waals surface area contributed by atoms with Crippen LogP contribution in [0.4, 0.5) is 0 Å². The van der Waals surface area contributed by atoms with Gasteiger partial charge < -0.3 is 11.1 Å². The number of rotatable bonds is 8. The quantitative estimate of drug-likeness (QED) is 0.505. The Bertz CT molecular complexity index is 210. The van der Waals surface area contributed by atoms with E-state index < -0.39 is 0 Å². The Morgan fingerprint density at radius 1 is 1.47 bits per heavy atom. The molecule has 0 rings (SSSR count). The SMILES string of the molecule is CSCCCCCNC(=O)C(C)C(N)=S. The number of carbonyl (C=O) groups is 1. The van der Waals surface area contributed by atoms with Gasteiger partial charge in [-0.1, -0.05) is 18.6 Å². The van der Waals surface area contributed by atoms with Gasteiger partial charge in [-0.3, -0.25) is 4.79 Å². The van der Waals surface area contributed by atoms with Crippen molar-refractivity contribution in [1.82, 2.24) is 5.32 Å². The molecule has 0 radical (unpaired) electrons. The Balaban J connectivity index is 3.43. The van der Waals surface area contributed by atoms with Gasteiger partial charge in [0.2, 0.25) is 5.91 Å². The van der Waals surface area contributed by atoms with Crippen LogP contribution in [0, 0.1) is 5.92 Å². The molecule has 1 atom stereocenters. The minimum absolute atomic E-state index is 0.0626. The molecule has 0 fully saturated rings.